The van der Waals surface area contributed by atoms with Gasteiger partial charge in [-0.25, -0.2) is 13.6 Å². The number of rotatable bonds is 3. The van der Waals surface area contributed by atoms with Crippen molar-refractivity contribution in [3.63, 3.8) is 0 Å². The lowest BCUT2D eigenvalue weighted by Crippen LogP contribution is -2.11. The summed E-state index contributed by atoms with van der Waals surface area (Å²) in [5.74, 6) is -2.61. The molecule has 6 heteroatoms. The number of esters is 1. The number of nitrogens with zero attached hydrogens (tertiary/aromatic N) is 1. The van der Waals surface area contributed by atoms with Gasteiger partial charge >= 0.3 is 5.97 Å². The van der Waals surface area contributed by atoms with Crippen molar-refractivity contribution < 1.29 is 23.0 Å². The van der Waals surface area contributed by atoms with Gasteiger partial charge in [0.05, 0.1) is 24.3 Å². The van der Waals surface area contributed by atoms with Gasteiger partial charge in [0.2, 0.25) is 0 Å². The molecule has 0 amide bonds. The van der Waals surface area contributed by atoms with Crippen molar-refractivity contribution in [1.82, 2.24) is 0 Å². The zero-order valence-corrected chi connectivity index (χ0v) is 10.9. The van der Waals surface area contributed by atoms with Crippen molar-refractivity contribution in [2.45, 2.75) is 0 Å². The van der Waals surface area contributed by atoms with E-state index >= 15 is 0 Å². The largest absolute Gasteiger partial charge is 0.493 e. The molecule has 0 aromatic heterocycles. The minimum Gasteiger partial charge on any atom is -0.493 e. The van der Waals surface area contributed by atoms with Crippen LogP contribution in [0.4, 0.5) is 8.78 Å². The molecule has 2 aromatic carbocycles. The second kappa shape index (κ2) is 6.01. The van der Waals surface area contributed by atoms with Crippen LogP contribution in [0.5, 0.6) is 11.5 Å². The van der Waals surface area contributed by atoms with E-state index in [0.717, 1.165) is 12.1 Å². The lowest BCUT2D eigenvalue weighted by molar-refractivity contribution is 0.0724. The Labute approximate surface area is 119 Å². The fraction of sp³-hybridized carbons (Fsp3) is 0.0667. The number of hydrogen-bond acceptors (Lipinski definition) is 4. The number of nitriles is 1. The van der Waals surface area contributed by atoms with Crippen molar-refractivity contribution >= 4 is 5.97 Å². The molecule has 2 rings (SSSR count). The lowest BCUT2D eigenvalue weighted by atomic mass is 10.2. The molecule has 0 aliphatic carbocycles. The van der Waals surface area contributed by atoms with Gasteiger partial charge in [-0.15, -0.1) is 0 Å². The van der Waals surface area contributed by atoms with Crippen LogP contribution in [0, 0.1) is 23.0 Å². The third-order valence-corrected chi connectivity index (χ3v) is 2.65. The minimum absolute atomic E-state index is 0.0326. The number of carbonyl (C=O) groups is 1. The van der Waals surface area contributed by atoms with E-state index in [0.29, 0.717) is 11.6 Å². The zero-order valence-electron chi connectivity index (χ0n) is 10.9. The molecule has 0 radical (unpaired) electrons. The first-order valence-corrected chi connectivity index (χ1v) is 5.80. The Bertz CT molecular complexity index is 738. The average molecular weight is 289 g/mol. The molecule has 2 aromatic rings. The van der Waals surface area contributed by atoms with Crippen LogP contribution in [-0.4, -0.2) is 13.1 Å². The molecule has 0 N–H and O–H groups in total. The van der Waals surface area contributed by atoms with Gasteiger partial charge in [0.1, 0.15) is 11.6 Å². The summed E-state index contributed by atoms with van der Waals surface area (Å²) < 4.78 is 36.3. The molecule has 4 nitrogen and oxygen atoms in total. The number of ether oxygens (including phenoxy) is 2. The molecule has 106 valence electrons. The molecule has 0 atom stereocenters. The Morgan fingerprint density at radius 3 is 2.52 bits per heavy atom. The summed E-state index contributed by atoms with van der Waals surface area (Å²) in [6, 6.07) is 8.60. The maximum Gasteiger partial charge on any atom is 0.346 e. The first kappa shape index (κ1) is 14.5. The fourth-order valence-electron chi connectivity index (χ4n) is 1.63. The lowest BCUT2D eigenvalue weighted by Gasteiger charge is -2.09. The van der Waals surface area contributed by atoms with Crippen molar-refractivity contribution in [2.75, 3.05) is 7.11 Å². The summed E-state index contributed by atoms with van der Waals surface area (Å²) in [7, 11) is 1.34. The number of carbonyl (C=O) groups excluding carboxylic acids is 1. The molecule has 0 unspecified atom stereocenters. The van der Waals surface area contributed by atoms with Crippen LogP contribution < -0.4 is 9.47 Å². The third-order valence-electron chi connectivity index (χ3n) is 2.65. The predicted molar refractivity (Wildman–Crippen MR) is 69.0 cm³/mol. The first-order chi connectivity index (χ1) is 10.0. The molecule has 0 saturated carbocycles. The van der Waals surface area contributed by atoms with Gasteiger partial charge in [-0.05, 0) is 24.3 Å². The smallest absolute Gasteiger partial charge is 0.346 e. The Morgan fingerprint density at radius 2 is 1.90 bits per heavy atom. The summed E-state index contributed by atoms with van der Waals surface area (Å²) >= 11 is 0. The van der Waals surface area contributed by atoms with Crippen molar-refractivity contribution in [3.05, 3.63) is 59.2 Å². The van der Waals surface area contributed by atoms with E-state index in [4.69, 9.17) is 14.7 Å². The Hall–Kier alpha value is -2.94. The summed E-state index contributed by atoms with van der Waals surface area (Å²) in [5, 5.41) is 8.77. The van der Waals surface area contributed by atoms with Crippen LogP contribution >= 0.6 is 0 Å². The molecule has 0 fully saturated rings. The van der Waals surface area contributed by atoms with Gasteiger partial charge in [-0.1, -0.05) is 0 Å². The molecule has 21 heavy (non-hydrogen) atoms. The van der Waals surface area contributed by atoms with Crippen molar-refractivity contribution in [1.29, 1.82) is 5.26 Å². The highest BCUT2D eigenvalue weighted by Gasteiger charge is 2.17. The van der Waals surface area contributed by atoms with Crippen LogP contribution in [0.2, 0.25) is 0 Å². The number of hydrogen-bond donors (Lipinski definition) is 0. The highest BCUT2D eigenvalue weighted by atomic mass is 19.1. The monoisotopic (exact) mass is 289 g/mol. The average Bonchev–Trinajstić information content (AvgIpc) is 2.47. The zero-order chi connectivity index (χ0) is 15.4. The van der Waals surface area contributed by atoms with Crippen molar-refractivity contribution in [3.8, 4) is 17.6 Å². The predicted octanol–water partition coefficient (Wildman–Crippen LogP) is 3.06. The van der Waals surface area contributed by atoms with Crippen molar-refractivity contribution in [2.24, 2.45) is 0 Å². The number of methoxy groups -OCH3 is 1. The van der Waals surface area contributed by atoms with Crippen LogP contribution in [0.1, 0.15) is 15.9 Å². The fourth-order valence-corrected chi connectivity index (χ4v) is 1.63. The van der Waals surface area contributed by atoms with Crippen LogP contribution in [-0.2, 0) is 0 Å². The van der Waals surface area contributed by atoms with Gasteiger partial charge in [0.25, 0.3) is 0 Å². The van der Waals surface area contributed by atoms with E-state index in [2.05, 4.69) is 0 Å². The van der Waals surface area contributed by atoms with E-state index in [9.17, 15) is 13.6 Å². The van der Waals surface area contributed by atoms with Crippen LogP contribution in [0.3, 0.4) is 0 Å². The Morgan fingerprint density at radius 1 is 1.14 bits per heavy atom. The van der Waals surface area contributed by atoms with E-state index < -0.39 is 23.2 Å². The minimum atomic E-state index is -1.02. The molecule has 0 heterocycles. The molecule has 0 aliphatic heterocycles. The second-order valence-corrected chi connectivity index (χ2v) is 3.99. The normalized spacial score (nSPS) is 9.81. The standard InChI is InChI=1S/C15H9F2NO3/c1-20-14-6-9(8-18)2-5-13(14)21-15(19)11-4-3-10(16)7-12(11)17/h2-7H,1H3. The highest BCUT2D eigenvalue weighted by molar-refractivity contribution is 5.91. The maximum absolute atomic E-state index is 13.5. The number of halogens is 2. The van der Waals surface area contributed by atoms with E-state index in [-0.39, 0.29) is 11.5 Å². The topological polar surface area (TPSA) is 59.3 Å². The molecule has 0 aliphatic rings. The molecule has 0 saturated heterocycles. The van der Waals surface area contributed by atoms with E-state index in [1.165, 1.54) is 25.3 Å². The van der Waals surface area contributed by atoms with E-state index in [1.54, 1.807) is 0 Å². The molecular weight excluding hydrogens is 280 g/mol. The second-order valence-electron chi connectivity index (χ2n) is 3.99. The Kier molecular flexibility index (Phi) is 4.14. The van der Waals surface area contributed by atoms with Gasteiger partial charge < -0.3 is 9.47 Å². The molecule has 0 spiro atoms. The highest BCUT2D eigenvalue weighted by Crippen LogP contribution is 2.28. The van der Waals surface area contributed by atoms with Gasteiger partial charge in [-0.3, -0.25) is 0 Å². The molecule has 0 bridgehead atoms. The first-order valence-electron chi connectivity index (χ1n) is 5.80. The summed E-state index contributed by atoms with van der Waals surface area (Å²) in [6.45, 7) is 0. The quantitative estimate of drug-likeness (QED) is 0.643. The summed E-state index contributed by atoms with van der Waals surface area (Å²) in [6.07, 6.45) is 0. The molecular formula is C15H9F2NO3. The van der Waals surface area contributed by atoms with Gasteiger partial charge in [0, 0.05) is 12.1 Å². The summed E-state index contributed by atoms with van der Waals surface area (Å²) in [4.78, 5) is 11.9. The third kappa shape index (κ3) is 3.15. The van der Waals surface area contributed by atoms with E-state index in [1.807, 2.05) is 6.07 Å². The van der Waals surface area contributed by atoms with Gasteiger partial charge in [0.15, 0.2) is 11.5 Å². The Balaban J connectivity index is 2.29. The van der Waals surface area contributed by atoms with Crippen LogP contribution in [0.15, 0.2) is 36.4 Å². The maximum atomic E-state index is 13.5. The SMILES string of the molecule is COc1cc(C#N)ccc1OC(=O)c1ccc(F)cc1F. The van der Waals surface area contributed by atoms with Gasteiger partial charge in [-0.2, -0.15) is 5.26 Å². The number of benzene rings is 2. The summed E-state index contributed by atoms with van der Waals surface area (Å²) in [5.41, 5.74) is -0.0811. The van der Waals surface area contributed by atoms with Crippen LogP contribution in [0.25, 0.3) is 0 Å².